The molecule has 74 valence electrons. The van der Waals surface area contributed by atoms with Crippen LogP contribution in [0.5, 0.6) is 5.75 Å². The number of rotatable bonds is 1. The summed E-state index contributed by atoms with van der Waals surface area (Å²) in [6.45, 7) is 0.302. The SMILES string of the molecule is NC(=O)C1(O)CCOc2ccccc21. The minimum atomic E-state index is -1.57. The van der Waals surface area contributed by atoms with Crippen molar-refractivity contribution in [2.75, 3.05) is 6.61 Å². The Bertz CT molecular complexity index is 377. The van der Waals surface area contributed by atoms with E-state index in [1.807, 2.05) is 0 Å². The zero-order chi connectivity index (χ0) is 10.2. The fraction of sp³-hybridized carbons (Fsp3) is 0.300. The largest absolute Gasteiger partial charge is 0.493 e. The second-order valence-electron chi connectivity index (χ2n) is 3.32. The molecule has 3 N–H and O–H groups in total. The minimum Gasteiger partial charge on any atom is -0.493 e. The van der Waals surface area contributed by atoms with E-state index in [0.29, 0.717) is 17.9 Å². The number of benzene rings is 1. The highest BCUT2D eigenvalue weighted by Crippen LogP contribution is 2.36. The van der Waals surface area contributed by atoms with Crippen LogP contribution in [0.1, 0.15) is 12.0 Å². The van der Waals surface area contributed by atoms with Gasteiger partial charge in [-0.25, -0.2) is 0 Å². The van der Waals surface area contributed by atoms with E-state index >= 15 is 0 Å². The van der Waals surface area contributed by atoms with Crippen LogP contribution < -0.4 is 10.5 Å². The van der Waals surface area contributed by atoms with Gasteiger partial charge in [-0.2, -0.15) is 0 Å². The number of primary amides is 1. The smallest absolute Gasteiger partial charge is 0.254 e. The number of aliphatic hydroxyl groups is 1. The van der Waals surface area contributed by atoms with Crippen LogP contribution in [-0.4, -0.2) is 17.6 Å². The molecule has 1 aromatic rings. The summed E-state index contributed by atoms with van der Waals surface area (Å²) in [6, 6.07) is 6.88. The summed E-state index contributed by atoms with van der Waals surface area (Å²) in [7, 11) is 0. The lowest BCUT2D eigenvalue weighted by Gasteiger charge is -2.31. The summed E-state index contributed by atoms with van der Waals surface area (Å²) < 4.78 is 5.30. The summed E-state index contributed by atoms with van der Waals surface area (Å²) in [5.74, 6) is -0.201. The van der Waals surface area contributed by atoms with Crippen molar-refractivity contribution in [2.45, 2.75) is 12.0 Å². The molecule has 1 aliphatic heterocycles. The number of hydrogen-bond acceptors (Lipinski definition) is 3. The lowest BCUT2D eigenvalue weighted by atomic mass is 9.87. The van der Waals surface area contributed by atoms with Crippen LogP contribution in [0.3, 0.4) is 0 Å². The zero-order valence-electron chi connectivity index (χ0n) is 7.56. The van der Waals surface area contributed by atoms with Gasteiger partial charge in [-0.05, 0) is 6.07 Å². The molecule has 14 heavy (non-hydrogen) atoms. The highest BCUT2D eigenvalue weighted by Gasteiger charge is 2.40. The van der Waals surface area contributed by atoms with Crippen LogP contribution in [0.25, 0.3) is 0 Å². The Morgan fingerprint density at radius 3 is 2.93 bits per heavy atom. The van der Waals surface area contributed by atoms with Gasteiger partial charge in [-0.3, -0.25) is 4.79 Å². The van der Waals surface area contributed by atoms with E-state index in [1.165, 1.54) is 0 Å². The molecule has 1 atom stereocenters. The molecule has 1 unspecified atom stereocenters. The molecule has 4 nitrogen and oxygen atoms in total. The summed E-state index contributed by atoms with van der Waals surface area (Å²) in [6.07, 6.45) is 0.208. The Labute approximate surface area is 81.3 Å². The standard InChI is InChI=1S/C10H11NO3/c11-9(12)10(13)5-6-14-8-4-2-1-3-7(8)10/h1-4,13H,5-6H2,(H2,11,12). The first-order valence-electron chi connectivity index (χ1n) is 4.39. The van der Waals surface area contributed by atoms with Crippen LogP contribution in [0.4, 0.5) is 0 Å². The molecule has 0 fully saturated rings. The van der Waals surface area contributed by atoms with Crippen LogP contribution in [-0.2, 0) is 10.4 Å². The number of carbonyl (C=O) groups excluding carboxylic acids is 1. The fourth-order valence-corrected chi connectivity index (χ4v) is 1.63. The minimum absolute atomic E-state index is 0.208. The molecular weight excluding hydrogens is 182 g/mol. The van der Waals surface area contributed by atoms with Crippen molar-refractivity contribution in [3.63, 3.8) is 0 Å². The predicted octanol–water partition coefficient (Wildman–Crippen LogP) is 0.142. The van der Waals surface area contributed by atoms with Gasteiger partial charge in [-0.1, -0.05) is 18.2 Å². The average molecular weight is 193 g/mol. The Morgan fingerprint density at radius 2 is 2.21 bits per heavy atom. The van der Waals surface area contributed by atoms with Gasteiger partial charge in [0.05, 0.1) is 6.61 Å². The molecule has 0 bridgehead atoms. The van der Waals surface area contributed by atoms with Gasteiger partial charge in [-0.15, -0.1) is 0 Å². The maximum absolute atomic E-state index is 11.2. The van der Waals surface area contributed by atoms with Crippen LogP contribution in [0, 0.1) is 0 Å². The topological polar surface area (TPSA) is 72.6 Å². The molecule has 1 heterocycles. The highest BCUT2D eigenvalue weighted by molar-refractivity contribution is 5.85. The normalized spacial score (nSPS) is 24.9. The number of hydrogen-bond donors (Lipinski definition) is 2. The van der Waals surface area contributed by atoms with Crippen molar-refractivity contribution in [1.29, 1.82) is 0 Å². The van der Waals surface area contributed by atoms with E-state index in [4.69, 9.17) is 10.5 Å². The Kier molecular flexibility index (Phi) is 1.93. The number of nitrogens with two attached hydrogens (primary N) is 1. The van der Waals surface area contributed by atoms with E-state index < -0.39 is 11.5 Å². The Balaban J connectivity index is 2.55. The number of para-hydroxylation sites is 1. The predicted molar refractivity (Wildman–Crippen MR) is 49.6 cm³/mol. The fourth-order valence-electron chi connectivity index (χ4n) is 1.63. The van der Waals surface area contributed by atoms with E-state index in [-0.39, 0.29) is 6.42 Å². The highest BCUT2D eigenvalue weighted by atomic mass is 16.5. The Morgan fingerprint density at radius 1 is 1.50 bits per heavy atom. The van der Waals surface area contributed by atoms with Crippen molar-refractivity contribution in [3.8, 4) is 5.75 Å². The summed E-state index contributed by atoms with van der Waals surface area (Å²) in [5.41, 5.74) is 4.05. The molecule has 0 spiro atoms. The molecule has 2 rings (SSSR count). The molecular formula is C10H11NO3. The number of fused-ring (bicyclic) bond motifs is 1. The third-order valence-electron chi connectivity index (χ3n) is 2.46. The van der Waals surface area contributed by atoms with Gasteiger partial charge >= 0.3 is 0 Å². The summed E-state index contributed by atoms with van der Waals surface area (Å²) >= 11 is 0. The van der Waals surface area contributed by atoms with Crippen molar-refractivity contribution in [1.82, 2.24) is 0 Å². The quantitative estimate of drug-likeness (QED) is 0.666. The van der Waals surface area contributed by atoms with Gasteiger partial charge < -0.3 is 15.6 Å². The van der Waals surface area contributed by atoms with Crippen LogP contribution in [0.2, 0.25) is 0 Å². The maximum Gasteiger partial charge on any atom is 0.254 e. The molecule has 0 saturated carbocycles. The lowest BCUT2D eigenvalue weighted by molar-refractivity contribution is -0.140. The third kappa shape index (κ3) is 1.15. The molecule has 1 aliphatic rings. The second-order valence-corrected chi connectivity index (χ2v) is 3.32. The first-order chi connectivity index (χ1) is 6.64. The van der Waals surface area contributed by atoms with Gasteiger partial charge in [0.2, 0.25) is 0 Å². The maximum atomic E-state index is 11.2. The van der Waals surface area contributed by atoms with Gasteiger partial charge in [0.25, 0.3) is 5.91 Å². The second kappa shape index (κ2) is 2.99. The summed E-state index contributed by atoms with van der Waals surface area (Å²) in [4.78, 5) is 11.2. The molecule has 1 amide bonds. The lowest BCUT2D eigenvalue weighted by Crippen LogP contribution is -2.44. The molecule has 0 radical (unpaired) electrons. The molecule has 0 saturated heterocycles. The average Bonchev–Trinajstić information content (AvgIpc) is 2.18. The number of amides is 1. The molecule has 4 heteroatoms. The van der Waals surface area contributed by atoms with Gasteiger partial charge in [0, 0.05) is 12.0 Å². The van der Waals surface area contributed by atoms with Crippen LogP contribution >= 0.6 is 0 Å². The van der Waals surface area contributed by atoms with E-state index in [1.54, 1.807) is 24.3 Å². The first-order valence-corrected chi connectivity index (χ1v) is 4.39. The van der Waals surface area contributed by atoms with E-state index in [9.17, 15) is 9.90 Å². The molecule has 0 aliphatic carbocycles. The van der Waals surface area contributed by atoms with Crippen LogP contribution in [0.15, 0.2) is 24.3 Å². The third-order valence-corrected chi connectivity index (χ3v) is 2.46. The van der Waals surface area contributed by atoms with Crippen molar-refractivity contribution in [2.24, 2.45) is 5.73 Å². The summed E-state index contributed by atoms with van der Waals surface area (Å²) in [5, 5.41) is 10.0. The van der Waals surface area contributed by atoms with Crippen molar-refractivity contribution >= 4 is 5.91 Å². The zero-order valence-corrected chi connectivity index (χ0v) is 7.56. The van der Waals surface area contributed by atoms with Gasteiger partial charge in [0.1, 0.15) is 5.75 Å². The van der Waals surface area contributed by atoms with Gasteiger partial charge in [0.15, 0.2) is 5.60 Å². The molecule has 1 aromatic carbocycles. The first kappa shape index (κ1) is 9.02. The number of ether oxygens (including phenoxy) is 1. The number of carbonyl (C=O) groups is 1. The van der Waals surface area contributed by atoms with Crippen molar-refractivity contribution in [3.05, 3.63) is 29.8 Å². The monoisotopic (exact) mass is 193 g/mol. The Hall–Kier alpha value is -1.55. The van der Waals surface area contributed by atoms with Crippen molar-refractivity contribution < 1.29 is 14.6 Å². The molecule has 0 aromatic heterocycles. The van der Waals surface area contributed by atoms with E-state index in [2.05, 4.69) is 0 Å². The van der Waals surface area contributed by atoms with E-state index in [0.717, 1.165) is 0 Å².